The summed E-state index contributed by atoms with van der Waals surface area (Å²) in [6.45, 7) is 4.44. The first-order chi connectivity index (χ1) is 8.91. The Labute approximate surface area is 110 Å². The molecule has 4 nitrogen and oxygen atoms in total. The van der Waals surface area contributed by atoms with Crippen molar-refractivity contribution in [2.45, 2.75) is 25.6 Å². The molecule has 1 aliphatic heterocycles. The van der Waals surface area contributed by atoms with Crippen LogP contribution in [0.5, 0.6) is 0 Å². The Morgan fingerprint density at radius 2 is 1.89 bits per heavy atom. The fourth-order valence-electron chi connectivity index (χ4n) is 2.20. The molecule has 0 spiro atoms. The van der Waals surface area contributed by atoms with Crippen molar-refractivity contribution in [1.82, 2.24) is 14.9 Å². The molecule has 0 saturated carbocycles. The molecule has 1 aromatic rings. The number of nitrogens with zero attached hydrogens (tertiary/aromatic N) is 4. The van der Waals surface area contributed by atoms with Crippen molar-refractivity contribution >= 4 is 5.95 Å². The van der Waals surface area contributed by atoms with Crippen LogP contribution in [0, 0.1) is 0 Å². The summed E-state index contributed by atoms with van der Waals surface area (Å²) < 4.78 is 37.3. The minimum Gasteiger partial charge on any atom is -0.338 e. The first-order valence-corrected chi connectivity index (χ1v) is 6.26. The molecule has 1 aromatic heterocycles. The number of piperazine rings is 1. The van der Waals surface area contributed by atoms with Gasteiger partial charge in [-0.05, 0) is 13.5 Å². The molecule has 1 unspecified atom stereocenters. The number of hydrogen-bond acceptors (Lipinski definition) is 4. The van der Waals surface area contributed by atoms with E-state index in [1.165, 1.54) is 0 Å². The number of rotatable bonds is 2. The third-order valence-corrected chi connectivity index (χ3v) is 3.50. The Morgan fingerprint density at radius 1 is 1.26 bits per heavy atom. The van der Waals surface area contributed by atoms with E-state index in [2.05, 4.69) is 28.8 Å². The lowest BCUT2D eigenvalue weighted by Gasteiger charge is -2.39. The van der Waals surface area contributed by atoms with E-state index in [0.717, 1.165) is 38.4 Å². The molecule has 19 heavy (non-hydrogen) atoms. The van der Waals surface area contributed by atoms with Crippen LogP contribution in [0.1, 0.15) is 18.9 Å². The van der Waals surface area contributed by atoms with Crippen molar-refractivity contribution in [1.29, 1.82) is 0 Å². The standard InChI is InChI=1S/C12H17F3N4/c1-3-10-8-19(5-4-18(10)2)11-16-6-9(7-17-11)12(13,14)15/h6-7,10H,3-5,8H2,1-2H3. The molecular weight excluding hydrogens is 257 g/mol. The van der Waals surface area contributed by atoms with Gasteiger partial charge in [-0.3, -0.25) is 4.90 Å². The van der Waals surface area contributed by atoms with E-state index in [4.69, 9.17) is 0 Å². The number of aromatic nitrogens is 2. The van der Waals surface area contributed by atoms with E-state index < -0.39 is 11.7 Å². The van der Waals surface area contributed by atoms with Crippen molar-refractivity contribution in [2.75, 3.05) is 31.6 Å². The van der Waals surface area contributed by atoms with Gasteiger partial charge in [0.1, 0.15) is 0 Å². The average Bonchev–Trinajstić information content (AvgIpc) is 2.38. The molecule has 0 bridgehead atoms. The lowest BCUT2D eigenvalue weighted by Crippen LogP contribution is -2.51. The molecule has 0 amide bonds. The van der Waals surface area contributed by atoms with Crippen molar-refractivity contribution in [2.24, 2.45) is 0 Å². The van der Waals surface area contributed by atoms with Crippen molar-refractivity contribution in [3.63, 3.8) is 0 Å². The van der Waals surface area contributed by atoms with E-state index in [9.17, 15) is 13.2 Å². The molecule has 0 aliphatic carbocycles. The average molecular weight is 274 g/mol. The summed E-state index contributed by atoms with van der Waals surface area (Å²) in [5, 5.41) is 0. The summed E-state index contributed by atoms with van der Waals surface area (Å²) in [5.41, 5.74) is -0.808. The highest BCUT2D eigenvalue weighted by Crippen LogP contribution is 2.28. The van der Waals surface area contributed by atoms with Crippen LogP contribution in [-0.4, -0.2) is 47.6 Å². The molecule has 2 rings (SSSR count). The van der Waals surface area contributed by atoms with Crippen LogP contribution in [0.15, 0.2) is 12.4 Å². The van der Waals surface area contributed by atoms with Crippen LogP contribution in [0.2, 0.25) is 0 Å². The maximum atomic E-state index is 12.4. The fourth-order valence-corrected chi connectivity index (χ4v) is 2.20. The maximum Gasteiger partial charge on any atom is 0.419 e. The largest absolute Gasteiger partial charge is 0.419 e. The topological polar surface area (TPSA) is 32.3 Å². The summed E-state index contributed by atoms with van der Waals surface area (Å²) >= 11 is 0. The predicted octanol–water partition coefficient (Wildman–Crippen LogP) is 2.03. The van der Waals surface area contributed by atoms with E-state index >= 15 is 0 Å². The monoisotopic (exact) mass is 274 g/mol. The van der Waals surface area contributed by atoms with Gasteiger partial charge in [-0.15, -0.1) is 0 Å². The Morgan fingerprint density at radius 3 is 2.42 bits per heavy atom. The van der Waals surface area contributed by atoms with E-state index in [0.29, 0.717) is 12.0 Å². The normalized spacial score (nSPS) is 21.7. The SMILES string of the molecule is CCC1CN(c2ncc(C(F)(F)F)cn2)CCN1C. The van der Waals surface area contributed by atoms with E-state index in [-0.39, 0.29) is 0 Å². The summed E-state index contributed by atoms with van der Waals surface area (Å²) in [6.07, 6.45) is -1.69. The zero-order valence-electron chi connectivity index (χ0n) is 11.0. The zero-order chi connectivity index (χ0) is 14.0. The zero-order valence-corrected chi connectivity index (χ0v) is 11.0. The second-order valence-corrected chi connectivity index (χ2v) is 4.76. The maximum absolute atomic E-state index is 12.4. The molecule has 0 radical (unpaired) electrons. The summed E-state index contributed by atoms with van der Waals surface area (Å²) in [7, 11) is 2.05. The minimum atomic E-state index is -4.38. The molecule has 0 aromatic carbocycles. The lowest BCUT2D eigenvalue weighted by molar-refractivity contribution is -0.138. The summed E-state index contributed by atoms with van der Waals surface area (Å²) in [4.78, 5) is 11.9. The molecule has 1 atom stereocenters. The second kappa shape index (κ2) is 5.32. The predicted molar refractivity (Wildman–Crippen MR) is 66.0 cm³/mol. The molecule has 1 aliphatic rings. The molecule has 2 heterocycles. The minimum absolute atomic E-state index is 0.375. The molecule has 1 fully saturated rings. The van der Waals surface area contributed by atoms with Gasteiger partial charge in [0, 0.05) is 38.1 Å². The van der Waals surface area contributed by atoms with Gasteiger partial charge in [0.2, 0.25) is 5.95 Å². The van der Waals surface area contributed by atoms with E-state index in [1.54, 1.807) is 0 Å². The number of halogens is 3. The molecule has 0 N–H and O–H groups in total. The first kappa shape index (κ1) is 14.0. The van der Waals surface area contributed by atoms with Gasteiger partial charge in [-0.2, -0.15) is 13.2 Å². The van der Waals surface area contributed by atoms with E-state index in [1.807, 2.05) is 4.90 Å². The quantitative estimate of drug-likeness (QED) is 0.826. The van der Waals surface area contributed by atoms with Crippen molar-refractivity contribution < 1.29 is 13.2 Å². The Kier molecular flexibility index (Phi) is 3.93. The Hall–Kier alpha value is -1.37. The van der Waals surface area contributed by atoms with Gasteiger partial charge in [-0.25, -0.2) is 9.97 Å². The number of alkyl halides is 3. The smallest absolute Gasteiger partial charge is 0.338 e. The van der Waals surface area contributed by atoms with Crippen LogP contribution in [0.4, 0.5) is 19.1 Å². The van der Waals surface area contributed by atoms with Crippen LogP contribution in [-0.2, 0) is 6.18 Å². The van der Waals surface area contributed by atoms with Gasteiger partial charge in [0.15, 0.2) is 0 Å². The van der Waals surface area contributed by atoms with Crippen LogP contribution in [0.25, 0.3) is 0 Å². The van der Waals surface area contributed by atoms with Gasteiger partial charge >= 0.3 is 6.18 Å². The molecule has 1 saturated heterocycles. The number of likely N-dealkylation sites (N-methyl/N-ethyl adjacent to an activating group) is 1. The Balaban J connectivity index is 2.10. The van der Waals surface area contributed by atoms with Crippen LogP contribution < -0.4 is 4.90 Å². The number of anilines is 1. The van der Waals surface area contributed by atoms with Gasteiger partial charge in [0.25, 0.3) is 0 Å². The van der Waals surface area contributed by atoms with Gasteiger partial charge < -0.3 is 4.90 Å². The Bertz CT molecular complexity index is 418. The molecule has 106 valence electrons. The highest BCUT2D eigenvalue weighted by Gasteiger charge is 2.32. The molecular formula is C12H17F3N4. The highest BCUT2D eigenvalue weighted by atomic mass is 19.4. The third-order valence-electron chi connectivity index (χ3n) is 3.50. The van der Waals surface area contributed by atoms with Gasteiger partial charge in [-0.1, -0.05) is 6.92 Å². The van der Waals surface area contributed by atoms with Crippen LogP contribution >= 0.6 is 0 Å². The van der Waals surface area contributed by atoms with Crippen LogP contribution in [0.3, 0.4) is 0 Å². The first-order valence-electron chi connectivity index (χ1n) is 6.26. The third kappa shape index (κ3) is 3.15. The van der Waals surface area contributed by atoms with Crippen molar-refractivity contribution in [3.05, 3.63) is 18.0 Å². The van der Waals surface area contributed by atoms with Gasteiger partial charge in [0.05, 0.1) is 5.56 Å². The number of hydrogen-bond donors (Lipinski definition) is 0. The van der Waals surface area contributed by atoms with Crippen molar-refractivity contribution in [3.8, 4) is 0 Å². The second-order valence-electron chi connectivity index (χ2n) is 4.76. The highest BCUT2D eigenvalue weighted by molar-refractivity contribution is 5.31. The summed E-state index contributed by atoms with van der Waals surface area (Å²) in [5.74, 6) is 0.375. The lowest BCUT2D eigenvalue weighted by atomic mass is 10.1. The fraction of sp³-hybridized carbons (Fsp3) is 0.667. The molecule has 7 heteroatoms. The summed E-state index contributed by atoms with van der Waals surface area (Å²) in [6, 6.07) is 0.389.